The molecule has 1 amide bonds. The predicted octanol–water partition coefficient (Wildman–Crippen LogP) is 4.48. The maximum Gasteiger partial charge on any atom is 0.246 e. The van der Waals surface area contributed by atoms with Crippen molar-refractivity contribution in [3.8, 4) is 28.8 Å². The number of hydrogen-bond acceptors (Lipinski definition) is 9. The number of carbonyl (C=O) groups is 1. The number of amides is 1. The van der Waals surface area contributed by atoms with E-state index >= 15 is 0 Å². The van der Waals surface area contributed by atoms with E-state index in [1.54, 1.807) is 46.7 Å². The number of methoxy groups -OCH3 is 2. The number of likely N-dealkylation sites (tertiary alicyclic amines) is 1. The van der Waals surface area contributed by atoms with Gasteiger partial charge in [-0.2, -0.15) is 0 Å². The van der Waals surface area contributed by atoms with Gasteiger partial charge in [-0.15, -0.1) is 10.2 Å². The van der Waals surface area contributed by atoms with Crippen molar-refractivity contribution in [2.75, 3.05) is 38.2 Å². The number of aromatic nitrogens is 3. The summed E-state index contributed by atoms with van der Waals surface area (Å²) in [5, 5.41) is 17.6. The highest BCUT2D eigenvalue weighted by atomic mass is 32.2. The van der Waals surface area contributed by atoms with Gasteiger partial charge in [-0.05, 0) is 63.4 Å². The van der Waals surface area contributed by atoms with Crippen molar-refractivity contribution in [1.29, 1.82) is 0 Å². The summed E-state index contributed by atoms with van der Waals surface area (Å²) in [6, 6.07) is 9.30. The highest BCUT2D eigenvalue weighted by Gasteiger charge is 2.39. The summed E-state index contributed by atoms with van der Waals surface area (Å²) >= 11 is 0. The molecule has 242 valence electrons. The van der Waals surface area contributed by atoms with Crippen LogP contribution in [0.15, 0.2) is 34.7 Å². The Morgan fingerprint density at radius 3 is 2.39 bits per heavy atom. The molecule has 0 saturated carbocycles. The number of aliphatic hydroxyl groups is 1. The van der Waals surface area contributed by atoms with Crippen LogP contribution < -0.4 is 13.8 Å². The third kappa shape index (κ3) is 7.13. The molecular weight excluding hydrogens is 603 g/mol. The first-order valence-electron chi connectivity index (χ1n) is 15.0. The Hall–Kier alpha value is -3.36. The van der Waals surface area contributed by atoms with Gasteiger partial charge in [-0.25, -0.2) is 12.7 Å². The summed E-state index contributed by atoms with van der Waals surface area (Å²) in [4.78, 5) is 14.6. The minimum atomic E-state index is -4.11. The molecule has 1 aliphatic rings. The maximum atomic E-state index is 14.6. The highest BCUT2D eigenvalue weighted by Crippen LogP contribution is 2.40. The van der Waals surface area contributed by atoms with E-state index in [2.05, 4.69) is 29.8 Å². The Morgan fingerprint density at radius 2 is 1.82 bits per heavy atom. The number of anilines is 1. The number of benzene rings is 1. The van der Waals surface area contributed by atoms with Gasteiger partial charge in [-0.1, -0.05) is 25.7 Å². The molecule has 1 N–H and O–H groups in total. The lowest BCUT2D eigenvalue weighted by Gasteiger charge is -2.38. The van der Waals surface area contributed by atoms with Gasteiger partial charge in [0.1, 0.15) is 22.9 Å². The van der Waals surface area contributed by atoms with Crippen molar-refractivity contribution in [2.24, 2.45) is 0 Å². The van der Waals surface area contributed by atoms with Crippen LogP contribution in [-0.2, 0) is 14.8 Å². The molecule has 0 unspecified atom stereocenters. The summed E-state index contributed by atoms with van der Waals surface area (Å²) in [6.07, 6.45) is 2.22. The molecule has 2 atom stereocenters. The Kier molecular flexibility index (Phi) is 10.5. The Morgan fingerprint density at radius 1 is 1.14 bits per heavy atom. The number of furan rings is 1. The van der Waals surface area contributed by atoms with Crippen molar-refractivity contribution in [1.82, 2.24) is 19.7 Å². The normalized spacial score (nSPS) is 16.7. The van der Waals surface area contributed by atoms with Gasteiger partial charge in [0.2, 0.25) is 27.7 Å². The molecule has 1 fully saturated rings. The zero-order valence-electron chi connectivity index (χ0n) is 26.7. The van der Waals surface area contributed by atoms with Crippen molar-refractivity contribution >= 4 is 30.0 Å². The zero-order valence-corrected chi connectivity index (χ0v) is 28.6. The van der Waals surface area contributed by atoms with Crippen LogP contribution >= 0.6 is 0 Å². The number of sulfonamides is 1. The lowest BCUT2D eigenvalue weighted by atomic mass is 9.99. The molecule has 2 aromatic heterocycles. The minimum absolute atomic E-state index is 0.00559. The third-order valence-electron chi connectivity index (χ3n) is 7.94. The van der Waals surface area contributed by atoms with Crippen molar-refractivity contribution in [2.45, 2.75) is 76.5 Å². The largest absolute Gasteiger partial charge is 0.494 e. The Balaban J connectivity index is 1.90. The molecule has 4 rings (SSSR count). The second-order valence-corrected chi connectivity index (χ2v) is 20.3. The van der Waals surface area contributed by atoms with Gasteiger partial charge in [0.15, 0.2) is 5.76 Å². The molecule has 14 heteroatoms. The van der Waals surface area contributed by atoms with E-state index in [9.17, 15) is 18.3 Å². The van der Waals surface area contributed by atoms with Crippen LogP contribution in [0.1, 0.15) is 38.4 Å². The van der Waals surface area contributed by atoms with E-state index in [1.165, 1.54) is 18.5 Å². The standard InChI is InChI=1S/C30H45N5O7SSi/c1-21-14-15-26(42-21)29-31-32-30(35(29)28-24(40-3)11-9-12-25(28)41-4)34(17-19-44(5,6)7)43(38,39)22(2)20-33-23(16-18-36)10-8-13-27(33)37/h9,11-12,14-15,22-23,36H,8,10,13,16-20H2,1-7H3/t22-,23-/m0/s1. The van der Waals surface area contributed by atoms with E-state index in [0.29, 0.717) is 47.6 Å². The van der Waals surface area contributed by atoms with Crippen LogP contribution in [0, 0.1) is 6.92 Å². The Labute approximate surface area is 261 Å². The van der Waals surface area contributed by atoms with Gasteiger partial charge in [0.05, 0.1) is 19.5 Å². The molecule has 3 heterocycles. The van der Waals surface area contributed by atoms with Crippen molar-refractivity contribution < 1.29 is 32.2 Å². The molecule has 12 nitrogen and oxygen atoms in total. The summed E-state index contributed by atoms with van der Waals surface area (Å²) in [5.41, 5.74) is 0.427. The predicted molar refractivity (Wildman–Crippen MR) is 172 cm³/mol. The van der Waals surface area contributed by atoms with Crippen LogP contribution in [0.5, 0.6) is 11.5 Å². The molecule has 3 aromatic rings. The van der Waals surface area contributed by atoms with Gasteiger partial charge in [0.25, 0.3) is 0 Å². The van der Waals surface area contributed by atoms with Crippen LogP contribution in [0.3, 0.4) is 0 Å². The second-order valence-electron chi connectivity index (χ2n) is 12.4. The molecule has 0 aliphatic carbocycles. The van der Waals surface area contributed by atoms with Crippen LogP contribution in [0.2, 0.25) is 25.7 Å². The van der Waals surface area contributed by atoms with Crippen LogP contribution in [0.4, 0.5) is 5.95 Å². The number of hydrogen-bond donors (Lipinski definition) is 1. The number of rotatable bonds is 14. The molecule has 1 aliphatic heterocycles. The fraction of sp³-hybridized carbons (Fsp3) is 0.567. The number of para-hydroxylation sites is 1. The molecular formula is C30H45N5O7SSi. The number of ether oxygens (including phenoxy) is 2. The maximum absolute atomic E-state index is 14.6. The van der Waals surface area contributed by atoms with Crippen LogP contribution in [-0.4, -0.2) is 92.4 Å². The first-order valence-corrected chi connectivity index (χ1v) is 20.2. The number of aryl methyl sites for hydroxylation is 1. The molecule has 1 saturated heterocycles. The fourth-order valence-electron chi connectivity index (χ4n) is 5.47. The van der Waals surface area contributed by atoms with Crippen LogP contribution in [0.25, 0.3) is 17.3 Å². The number of carbonyl (C=O) groups excluding carboxylic acids is 1. The molecule has 0 radical (unpaired) electrons. The summed E-state index contributed by atoms with van der Waals surface area (Å²) in [6.45, 7) is 10.1. The molecule has 1 aromatic carbocycles. The first kappa shape index (κ1) is 33.5. The monoisotopic (exact) mass is 647 g/mol. The van der Waals surface area contributed by atoms with Gasteiger partial charge in [0, 0.05) is 40.2 Å². The summed E-state index contributed by atoms with van der Waals surface area (Å²) in [5.74, 6) is 2.17. The SMILES string of the molecule is COc1cccc(OC)c1-n1c(-c2ccc(C)o2)nnc1N(CC[Si](C)(C)C)S(=O)(=O)[C@@H](C)CN1C(=O)CCC[C@H]1CCO. The number of piperidine rings is 1. The van der Waals surface area contributed by atoms with E-state index in [-0.39, 0.29) is 43.4 Å². The molecule has 0 bridgehead atoms. The number of aliphatic hydroxyl groups excluding tert-OH is 1. The number of nitrogens with zero attached hydrogens (tertiary/aromatic N) is 5. The highest BCUT2D eigenvalue weighted by molar-refractivity contribution is 7.93. The summed E-state index contributed by atoms with van der Waals surface area (Å²) < 4.78 is 49.6. The summed E-state index contributed by atoms with van der Waals surface area (Å²) in [7, 11) is -2.80. The van der Waals surface area contributed by atoms with E-state index in [0.717, 1.165) is 12.8 Å². The average Bonchev–Trinajstić information content (AvgIpc) is 3.59. The quantitative estimate of drug-likeness (QED) is 0.251. The third-order valence-corrected chi connectivity index (χ3v) is 11.8. The van der Waals surface area contributed by atoms with E-state index in [1.807, 2.05) is 6.92 Å². The van der Waals surface area contributed by atoms with Gasteiger partial charge >= 0.3 is 0 Å². The fourth-order valence-corrected chi connectivity index (χ4v) is 8.00. The van der Waals surface area contributed by atoms with Crippen molar-refractivity contribution in [3.05, 3.63) is 36.1 Å². The van der Waals surface area contributed by atoms with E-state index < -0.39 is 23.3 Å². The zero-order chi connectivity index (χ0) is 32.2. The Bertz CT molecular complexity index is 1520. The average molecular weight is 648 g/mol. The molecule has 0 spiro atoms. The molecule has 44 heavy (non-hydrogen) atoms. The van der Waals surface area contributed by atoms with E-state index in [4.69, 9.17) is 13.9 Å². The first-order chi connectivity index (χ1) is 20.8. The van der Waals surface area contributed by atoms with Gasteiger partial charge in [-0.3, -0.25) is 9.36 Å². The van der Waals surface area contributed by atoms with Crippen molar-refractivity contribution in [3.63, 3.8) is 0 Å². The topological polar surface area (TPSA) is 140 Å². The lowest BCUT2D eigenvalue weighted by molar-refractivity contribution is -0.136. The smallest absolute Gasteiger partial charge is 0.246 e. The minimum Gasteiger partial charge on any atom is -0.494 e. The van der Waals surface area contributed by atoms with Gasteiger partial charge < -0.3 is 23.9 Å². The lowest BCUT2D eigenvalue weighted by Crippen LogP contribution is -2.51. The second kappa shape index (κ2) is 13.7.